The van der Waals surface area contributed by atoms with Crippen molar-refractivity contribution in [1.29, 1.82) is 0 Å². The Morgan fingerprint density at radius 2 is 2.35 bits per heavy atom. The van der Waals surface area contributed by atoms with Gasteiger partial charge in [-0.3, -0.25) is 9.48 Å². The normalized spacial score (nSPS) is 18.9. The van der Waals surface area contributed by atoms with E-state index >= 15 is 0 Å². The van der Waals surface area contributed by atoms with Crippen LogP contribution in [0.3, 0.4) is 0 Å². The van der Waals surface area contributed by atoms with Crippen LogP contribution in [0, 0.1) is 5.41 Å². The van der Waals surface area contributed by atoms with Crippen molar-refractivity contribution in [2.75, 3.05) is 25.1 Å². The molecule has 6 heteroatoms. The number of carbonyl (C=O) groups is 1. The van der Waals surface area contributed by atoms with E-state index in [-0.39, 0.29) is 5.91 Å². The van der Waals surface area contributed by atoms with Crippen molar-refractivity contribution in [2.45, 2.75) is 12.8 Å². The molecule has 1 aromatic heterocycles. The first-order valence-corrected chi connectivity index (χ1v) is 5.75. The fourth-order valence-corrected chi connectivity index (χ4v) is 2.02. The van der Waals surface area contributed by atoms with Crippen LogP contribution in [0.4, 0.5) is 5.82 Å². The van der Waals surface area contributed by atoms with Crippen LogP contribution in [0.5, 0.6) is 0 Å². The summed E-state index contributed by atoms with van der Waals surface area (Å²) in [5.74, 6) is 0.513. The lowest BCUT2D eigenvalue weighted by Crippen LogP contribution is -2.46. The largest absolute Gasteiger partial charge is 0.381 e. The van der Waals surface area contributed by atoms with Gasteiger partial charge in [0.25, 0.3) is 0 Å². The maximum Gasteiger partial charge on any atom is 0.233 e. The summed E-state index contributed by atoms with van der Waals surface area (Å²) in [6, 6.07) is 1.77. The third-order valence-electron chi connectivity index (χ3n) is 3.28. The number of nitrogens with zero attached hydrogens (tertiary/aromatic N) is 2. The molecule has 0 bridgehead atoms. The lowest BCUT2D eigenvalue weighted by molar-refractivity contribution is -0.130. The number of aromatic nitrogens is 2. The molecule has 1 saturated heterocycles. The van der Waals surface area contributed by atoms with Crippen LogP contribution in [-0.4, -0.2) is 35.4 Å². The molecule has 94 valence electrons. The van der Waals surface area contributed by atoms with Gasteiger partial charge < -0.3 is 15.8 Å². The molecule has 2 rings (SSSR count). The number of anilines is 1. The molecule has 0 unspecified atom stereocenters. The average Bonchev–Trinajstić information content (AvgIpc) is 2.75. The minimum atomic E-state index is -0.504. The topological polar surface area (TPSA) is 82.2 Å². The molecule has 1 aliphatic heterocycles. The van der Waals surface area contributed by atoms with E-state index in [1.807, 2.05) is 7.05 Å². The fourth-order valence-electron chi connectivity index (χ4n) is 2.02. The minimum Gasteiger partial charge on any atom is -0.381 e. The molecule has 1 aromatic rings. The predicted octanol–water partition coefficient (Wildman–Crippen LogP) is 0.114. The quantitative estimate of drug-likeness (QED) is 0.783. The molecule has 6 nitrogen and oxygen atoms in total. The van der Waals surface area contributed by atoms with Crippen LogP contribution in [-0.2, 0) is 16.6 Å². The van der Waals surface area contributed by atoms with Gasteiger partial charge in [-0.05, 0) is 12.8 Å². The molecule has 0 saturated carbocycles. The SMILES string of the molecule is Cn1ccc(NC(=O)C2(CN)CCOCC2)n1. The molecule has 3 N–H and O–H groups in total. The summed E-state index contributed by atoms with van der Waals surface area (Å²) in [5, 5.41) is 6.94. The Kier molecular flexibility index (Phi) is 3.44. The van der Waals surface area contributed by atoms with Crippen molar-refractivity contribution < 1.29 is 9.53 Å². The molecule has 0 spiro atoms. The highest BCUT2D eigenvalue weighted by Gasteiger charge is 2.38. The number of ether oxygens (including phenoxy) is 1. The molecule has 17 heavy (non-hydrogen) atoms. The molecule has 0 radical (unpaired) electrons. The highest BCUT2D eigenvalue weighted by molar-refractivity contribution is 5.94. The minimum absolute atomic E-state index is 0.0537. The summed E-state index contributed by atoms with van der Waals surface area (Å²) in [5.41, 5.74) is 5.25. The van der Waals surface area contributed by atoms with Gasteiger partial charge in [0.15, 0.2) is 5.82 Å². The van der Waals surface area contributed by atoms with Crippen LogP contribution in [0.1, 0.15) is 12.8 Å². The lowest BCUT2D eigenvalue weighted by atomic mass is 9.79. The Bertz CT molecular complexity index is 396. The number of amides is 1. The summed E-state index contributed by atoms with van der Waals surface area (Å²) in [6.45, 7) is 1.52. The van der Waals surface area contributed by atoms with E-state index in [1.54, 1.807) is 16.9 Å². The van der Waals surface area contributed by atoms with Gasteiger partial charge >= 0.3 is 0 Å². The maximum atomic E-state index is 12.2. The fraction of sp³-hybridized carbons (Fsp3) is 0.636. The predicted molar refractivity (Wildman–Crippen MR) is 63.4 cm³/mol. The molecule has 1 aliphatic rings. The first-order valence-electron chi connectivity index (χ1n) is 5.75. The number of rotatable bonds is 3. The maximum absolute atomic E-state index is 12.2. The Morgan fingerprint density at radius 1 is 1.65 bits per heavy atom. The molecule has 0 aromatic carbocycles. The summed E-state index contributed by atoms with van der Waals surface area (Å²) in [7, 11) is 1.81. The highest BCUT2D eigenvalue weighted by Crippen LogP contribution is 2.30. The van der Waals surface area contributed by atoms with Gasteiger partial charge in [0.05, 0.1) is 5.41 Å². The van der Waals surface area contributed by atoms with Crippen LogP contribution in [0.15, 0.2) is 12.3 Å². The third kappa shape index (κ3) is 2.48. The van der Waals surface area contributed by atoms with Gasteiger partial charge in [0.1, 0.15) is 0 Å². The van der Waals surface area contributed by atoms with Crippen molar-refractivity contribution in [3.63, 3.8) is 0 Å². The zero-order valence-corrected chi connectivity index (χ0v) is 9.98. The number of hydrogen-bond donors (Lipinski definition) is 2. The summed E-state index contributed by atoms with van der Waals surface area (Å²) in [6.07, 6.45) is 3.12. The average molecular weight is 238 g/mol. The first-order chi connectivity index (χ1) is 8.16. The smallest absolute Gasteiger partial charge is 0.233 e. The first kappa shape index (κ1) is 12.1. The molecule has 1 fully saturated rings. The molecule has 0 atom stereocenters. The zero-order valence-electron chi connectivity index (χ0n) is 9.98. The highest BCUT2D eigenvalue weighted by atomic mass is 16.5. The van der Waals surface area contributed by atoms with Gasteiger partial charge in [-0.15, -0.1) is 0 Å². The molecule has 0 aliphatic carbocycles. The van der Waals surface area contributed by atoms with Gasteiger partial charge in [-0.2, -0.15) is 5.10 Å². The van der Waals surface area contributed by atoms with E-state index in [0.29, 0.717) is 38.4 Å². The number of nitrogens with two attached hydrogens (primary N) is 1. The standard InChI is InChI=1S/C11H18N4O2/c1-15-5-2-9(14-15)13-10(16)11(8-12)3-6-17-7-4-11/h2,5H,3-4,6-8,12H2,1H3,(H,13,14,16). The number of aryl methyl sites for hydroxylation is 1. The van der Waals surface area contributed by atoms with Crippen LogP contribution in [0.2, 0.25) is 0 Å². The van der Waals surface area contributed by atoms with Gasteiger partial charge in [-0.25, -0.2) is 0 Å². The van der Waals surface area contributed by atoms with Crippen LogP contribution in [0.25, 0.3) is 0 Å². The van der Waals surface area contributed by atoms with Gasteiger partial charge in [0.2, 0.25) is 5.91 Å². The molecular weight excluding hydrogens is 220 g/mol. The van der Waals surface area contributed by atoms with Crippen LogP contribution < -0.4 is 11.1 Å². The summed E-state index contributed by atoms with van der Waals surface area (Å²) in [4.78, 5) is 12.2. The summed E-state index contributed by atoms with van der Waals surface area (Å²) < 4.78 is 6.92. The van der Waals surface area contributed by atoms with Crippen molar-refractivity contribution in [2.24, 2.45) is 18.2 Å². The third-order valence-corrected chi connectivity index (χ3v) is 3.28. The van der Waals surface area contributed by atoms with E-state index in [2.05, 4.69) is 10.4 Å². The number of nitrogens with one attached hydrogen (secondary N) is 1. The van der Waals surface area contributed by atoms with Crippen LogP contribution >= 0.6 is 0 Å². The van der Waals surface area contributed by atoms with Gasteiger partial charge in [-0.1, -0.05) is 0 Å². The Morgan fingerprint density at radius 3 is 2.88 bits per heavy atom. The van der Waals surface area contributed by atoms with Crippen molar-refractivity contribution in [1.82, 2.24) is 9.78 Å². The second-order valence-corrected chi connectivity index (χ2v) is 4.43. The Balaban J connectivity index is 2.07. The number of hydrogen-bond acceptors (Lipinski definition) is 4. The molecule has 1 amide bonds. The Labute approximate surface area is 100 Å². The van der Waals surface area contributed by atoms with Crippen molar-refractivity contribution in [3.05, 3.63) is 12.3 Å². The molecular formula is C11H18N4O2. The van der Waals surface area contributed by atoms with Gasteiger partial charge in [0, 0.05) is 39.1 Å². The van der Waals surface area contributed by atoms with E-state index < -0.39 is 5.41 Å². The second kappa shape index (κ2) is 4.85. The lowest BCUT2D eigenvalue weighted by Gasteiger charge is -2.34. The van der Waals surface area contributed by atoms with E-state index in [0.717, 1.165) is 0 Å². The van der Waals surface area contributed by atoms with E-state index in [9.17, 15) is 4.79 Å². The van der Waals surface area contributed by atoms with E-state index in [4.69, 9.17) is 10.5 Å². The van der Waals surface area contributed by atoms with Crippen molar-refractivity contribution >= 4 is 11.7 Å². The summed E-state index contributed by atoms with van der Waals surface area (Å²) >= 11 is 0. The second-order valence-electron chi connectivity index (χ2n) is 4.43. The van der Waals surface area contributed by atoms with E-state index in [1.165, 1.54) is 0 Å². The van der Waals surface area contributed by atoms with Crippen molar-refractivity contribution in [3.8, 4) is 0 Å². The zero-order chi connectivity index (χ0) is 12.3. The number of carbonyl (C=O) groups excluding carboxylic acids is 1. The molecule has 2 heterocycles. The monoisotopic (exact) mass is 238 g/mol. The Hall–Kier alpha value is -1.40.